The molecule has 2 aliphatic rings. The fraction of sp³-hybridized carbons (Fsp3) is 0.667. The molecule has 0 bridgehead atoms. The number of benzene rings is 1. The van der Waals surface area contributed by atoms with Crippen LogP contribution in [-0.2, 0) is 25.2 Å². The Bertz CT molecular complexity index is 780. The van der Waals surface area contributed by atoms with Crippen LogP contribution in [0.2, 0.25) is 18.1 Å². The minimum atomic E-state index is -1.88. The summed E-state index contributed by atoms with van der Waals surface area (Å²) in [7, 11) is -0.173. The highest BCUT2D eigenvalue weighted by Crippen LogP contribution is 2.40. The lowest BCUT2D eigenvalue weighted by atomic mass is 10.0. The van der Waals surface area contributed by atoms with E-state index < -0.39 is 14.1 Å². The van der Waals surface area contributed by atoms with Crippen LogP contribution >= 0.6 is 0 Å². The smallest absolute Gasteiger partial charge is 0.192 e. The molecule has 0 amide bonds. The van der Waals surface area contributed by atoms with E-state index in [9.17, 15) is 0 Å². The number of rotatable bonds is 6. The Kier molecular flexibility index (Phi) is 6.57. The zero-order chi connectivity index (χ0) is 22.3. The van der Waals surface area contributed by atoms with Gasteiger partial charge < -0.3 is 23.4 Å². The zero-order valence-electron chi connectivity index (χ0n) is 19.9. The third-order valence-electron chi connectivity index (χ3n) is 6.56. The van der Waals surface area contributed by atoms with Gasteiger partial charge in [0.05, 0.1) is 19.8 Å². The Hall–Kier alpha value is -1.18. The van der Waals surface area contributed by atoms with Gasteiger partial charge in [0.15, 0.2) is 14.1 Å². The zero-order valence-corrected chi connectivity index (χ0v) is 20.9. The van der Waals surface area contributed by atoms with Crippen LogP contribution in [0.5, 0.6) is 5.75 Å². The summed E-state index contributed by atoms with van der Waals surface area (Å²) < 4.78 is 30.4. The fourth-order valence-corrected chi connectivity index (χ4v) is 4.68. The predicted octanol–water partition coefficient (Wildman–Crippen LogP) is 5.54. The van der Waals surface area contributed by atoms with Crippen LogP contribution in [0, 0.1) is 0 Å². The van der Waals surface area contributed by atoms with Gasteiger partial charge in [0.2, 0.25) is 0 Å². The predicted molar refractivity (Wildman–Crippen MR) is 122 cm³/mol. The average Bonchev–Trinajstić information content (AvgIpc) is 3.11. The van der Waals surface area contributed by atoms with Crippen molar-refractivity contribution < 1.29 is 23.4 Å². The Labute approximate surface area is 182 Å². The van der Waals surface area contributed by atoms with Crippen molar-refractivity contribution in [3.63, 3.8) is 0 Å². The van der Waals surface area contributed by atoms with Crippen LogP contribution < -0.4 is 4.74 Å². The maximum absolute atomic E-state index is 6.50. The molecule has 6 heteroatoms. The average molecular weight is 435 g/mol. The second-order valence-electron chi connectivity index (χ2n) is 10.3. The number of hydrogen-bond donors (Lipinski definition) is 0. The van der Waals surface area contributed by atoms with Gasteiger partial charge in [0.25, 0.3) is 0 Å². The summed E-state index contributed by atoms with van der Waals surface area (Å²) >= 11 is 0. The topological polar surface area (TPSA) is 46.2 Å². The first-order chi connectivity index (χ1) is 13.8. The molecule has 5 nitrogen and oxygen atoms in total. The number of methoxy groups -OCH3 is 1. The lowest BCUT2D eigenvalue weighted by Crippen LogP contribution is -2.40. The molecule has 0 radical (unpaired) electrons. The van der Waals surface area contributed by atoms with Crippen molar-refractivity contribution >= 4 is 14.4 Å². The second kappa shape index (κ2) is 8.39. The van der Waals surface area contributed by atoms with E-state index >= 15 is 0 Å². The molecule has 0 spiro atoms. The van der Waals surface area contributed by atoms with Gasteiger partial charge in [0.1, 0.15) is 24.1 Å². The van der Waals surface area contributed by atoms with Crippen LogP contribution in [0.4, 0.5) is 0 Å². The lowest BCUT2D eigenvalue weighted by Gasteiger charge is -2.36. The summed E-state index contributed by atoms with van der Waals surface area (Å²) in [6, 6.07) is 6.09. The van der Waals surface area contributed by atoms with Crippen molar-refractivity contribution in [2.24, 2.45) is 0 Å². The Morgan fingerprint density at radius 1 is 1.13 bits per heavy atom. The normalized spacial score (nSPS) is 28.8. The first kappa shape index (κ1) is 23.5. The molecule has 0 aliphatic carbocycles. The highest BCUT2D eigenvalue weighted by atomic mass is 28.4. The van der Waals surface area contributed by atoms with Crippen molar-refractivity contribution in [2.75, 3.05) is 7.11 Å². The lowest BCUT2D eigenvalue weighted by molar-refractivity contribution is -0.180. The van der Waals surface area contributed by atoms with Crippen LogP contribution in [0.15, 0.2) is 24.3 Å². The molecule has 2 heterocycles. The van der Waals surface area contributed by atoms with Gasteiger partial charge in [-0.2, -0.15) is 0 Å². The summed E-state index contributed by atoms with van der Waals surface area (Å²) in [5, 5.41) is 0.153. The summed E-state index contributed by atoms with van der Waals surface area (Å²) in [5.74, 6) is 0.272. The first-order valence-corrected chi connectivity index (χ1v) is 13.7. The van der Waals surface area contributed by atoms with E-state index in [0.717, 1.165) is 16.9 Å². The van der Waals surface area contributed by atoms with Gasteiger partial charge in [-0.3, -0.25) is 0 Å². The number of hydrogen-bond acceptors (Lipinski definition) is 5. The van der Waals surface area contributed by atoms with Gasteiger partial charge in [-0.25, -0.2) is 0 Å². The molecule has 168 valence electrons. The van der Waals surface area contributed by atoms with Gasteiger partial charge in [0, 0.05) is 5.56 Å². The molecule has 3 rings (SSSR count). The maximum Gasteiger partial charge on any atom is 0.192 e. The van der Waals surface area contributed by atoms with E-state index in [1.807, 2.05) is 32.9 Å². The Balaban J connectivity index is 1.81. The van der Waals surface area contributed by atoms with E-state index in [1.165, 1.54) is 0 Å². The molecule has 0 unspecified atom stereocenters. The maximum atomic E-state index is 6.50. The molecule has 2 saturated heterocycles. The van der Waals surface area contributed by atoms with Crippen LogP contribution in [0.3, 0.4) is 0 Å². The summed E-state index contributed by atoms with van der Waals surface area (Å²) in [6.07, 6.45) is 3.90. The van der Waals surface area contributed by atoms with Crippen molar-refractivity contribution in [2.45, 2.75) is 96.5 Å². The first-order valence-electron chi connectivity index (χ1n) is 10.8. The molecular formula is C24H38O5Si. The van der Waals surface area contributed by atoms with E-state index in [1.54, 1.807) is 7.11 Å². The van der Waals surface area contributed by atoms with E-state index in [-0.39, 0.29) is 29.5 Å². The quantitative estimate of drug-likeness (QED) is 0.550. The van der Waals surface area contributed by atoms with Crippen LogP contribution in [0.25, 0.3) is 6.08 Å². The SMILES string of the molecule is COc1cccc(/C=C/[C@H]2O[C@H](C)[C@H]3OC(C)(C)O[C@H]32)c1CO[Si](C)(C)C(C)(C)C. The molecule has 1 aromatic carbocycles. The third kappa shape index (κ3) is 4.83. The van der Waals surface area contributed by atoms with Crippen molar-refractivity contribution in [1.29, 1.82) is 0 Å². The van der Waals surface area contributed by atoms with E-state index in [4.69, 9.17) is 23.4 Å². The molecule has 2 aliphatic heterocycles. The van der Waals surface area contributed by atoms with Crippen molar-refractivity contribution in [3.8, 4) is 5.75 Å². The summed E-state index contributed by atoms with van der Waals surface area (Å²) in [4.78, 5) is 0. The molecule has 1 aromatic rings. The highest BCUT2D eigenvalue weighted by Gasteiger charge is 2.52. The fourth-order valence-electron chi connectivity index (χ4n) is 3.74. The minimum Gasteiger partial charge on any atom is -0.496 e. The Morgan fingerprint density at radius 3 is 2.43 bits per heavy atom. The number of fused-ring (bicyclic) bond motifs is 1. The molecule has 2 fully saturated rings. The van der Waals surface area contributed by atoms with Crippen LogP contribution in [-0.4, -0.2) is 45.6 Å². The van der Waals surface area contributed by atoms with Crippen molar-refractivity contribution in [3.05, 3.63) is 35.4 Å². The minimum absolute atomic E-state index is 0.00174. The molecule has 0 aromatic heterocycles. The standard InChI is InChI=1S/C24H38O5Si/c1-16-21-22(29-24(5,6)28-21)20(27-16)14-13-17-11-10-12-19(25-7)18(17)15-26-30(8,9)23(2,3)4/h10-14,16,20-22H,15H2,1-9H3/b14-13+/t16-,20-,21-,22+/m1/s1. The van der Waals surface area contributed by atoms with Crippen molar-refractivity contribution in [1.82, 2.24) is 0 Å². The van der Waals surface area contributed by atoms with E-state index in [0.29, 0.717) is 6.61 Å². The van der Waals surface area contributed by atoms with Gasteiger partial charge in [-0.15, -0.1) is 0 Å². The van der Waals surface area contributed by atoms with Gasteiger partial charge >= 0.3 is 0 Å². The van der Waals surface area contributed by atoms with E-state index in [2.05, 4.69) is 52.1 Å². The molecule has 4 atom stereocenters. The largest absolute Gasteiger partial charge is 0.496 e. The second-order valence-corrected chi connectivity index (χ2v) is 15.1. The molecule has 0 N–H and O–H groups in total. The molecule has 30 heavy (non-hydrogen) atoms. The molecular weight excluding hydrogens is 396 g/mol. The highest BCUT2D eigenvalue weighted by molar-refractivity contribution is 6.74. The Morgan fingerprint density at radius 2 is 1.80 bits per heavy atom. The molecule has 0 saturated carbocycles. The monoisotopic (exact) mass is 434 g/mol. The summed E-state index contributed by atoms with van der Waals surface area (Å²) in [5.41, 5.74) is 2.14. The van der Waals surface area contributed by atoms with Gasteiger partial charge in [-0.05, 0) is 50.5 Å². The number of ether oxygens (including phenoxy) is 4. The summed E-state index contributed by atoms with van der Waals surface area (Å²) in [6.45, 7) is 17.8. The third-order valence-corrected chi connectivity index (χ3v) is 11.0. The van der Waals surface area contributed by atoms with Gasteiger partial charge in [-0.1, -0.05) is 45.1 Å². The van der Waals surface area contributed by atoms with Crippen LogP contribution in [0.1, 0.15) is 52.7 Å².